The summed E-state index contributed by atoms with van der Waals surface area (Å²) in [5, 5.41) is 7.13. The number of H-pyrrole nitrogens is 1. The van der Waals surface area contributed by atoms with E-state index >= 15 is 0 Å². The summed E-state index contributed by atoms with van der Waals surface area (Å²) in [6.07, 6.45) is 3.03. The van der Waals surface area contributed by atoms with Crippen LogP contribution in [0.4, 0.5) is 0 Å². The molecule has 1 aliphatic rings. The van der Waals surface area contributed by atoms with Crippen LogP contribution in [-0.4, -0.2) is 50.9 Å². The SMILES string of the molecule is CCCc1cc(C(=O)N2CCC(=O)N(Cc3ccccc3)[C@@H](CC)C2)n[nH]1. The van der Waals surface area contributed by atoms with E-state index in [1.165, 1.54) is 0 Å². The minimum atomic E-state index is -0.0959. The molecule has 1 aromatic heterocycles. The lowest BCUT2D eigenvalue weighted by atomic mass is 10.1. The molecular formula is C21H28N4O2. The number of hydrogen-bond donors (Lipinski definition) is 1. The van der Waals surface area contributed by atoms with E-state index in [1.54, 1.807) is 4.90 Å². The van der Waals surface area contributed by atoms with Gasteiger partial charge in [0.05, 0.1) is 0 Å². The number of amides is 2. The molecule has 3 rings (SSSR count). The Balaban J connectivity index is 1.74. The number of hydrogen-bond acceptors (Lipinski definition) is 3. The fourth-order valence-corrected chi connectivity index (χ4v) is 3.58. The number of rotatable bonds is 6. The highest BCUT2D eigenvalue weighted by molar-refractivity contribution is 5.93. The molecule has 0 radical (unpaired) electrons. The number of aromatic nitrogens is 2. The van der Waals surface area contributed by atoms with Crippen LogP contribution in [0.5, 0.6) is 0 Å². The molecule has 0 saturated carbocycles. The number of carbonyl (C=O) groups excluding carboxylic acids is 2. The summed E-state index contributed by atoms with van der Waals surface area (Å²) in [6, 6.07) is 11.9. The molecular weight excluding hydrogens is 340 g/mol. The normalized spacial score (nSPS) is 17.9. The number of nitrogens with one attached hydrogen (secondary N) is 1. The zero-order valence-electron chi connectivity index (χ0n) is 16.1. The van der Waals surface area contributed by atoms with E-state index in [4.69, 9.17) is 0 Å². The third-order valence-corrected chi connectivity index (χ3v) is 5.11. The standard InChI is InChI=1S/C21H28N4O2/c1-3-8-17-13-19(23-22-17)21(27)24-12-11-20(26)25(18(4-2)15-24)14-16-9-6-5-7-10-16/h5-7,9-10,13,18H,3-4,8,11-12,14-15H2,1-2H3,(H,22,23)/t18-/m0/s1. The quantitative estimate of drug-likeness (QED) is 0.852. The Bertz CT molecular complexity index is 771. The summed E-state index contributed by atoms with van der Waals surface area (Å²) in [5.74, 6) is 0.0103. The van der Waals surface area contributed by atoms with E-state index in [1.807, 2.05) is 41.3 Å². The zero-order chi connectivity index (χ0) is 19.2. The van der Waals surface area contributed by atoms with E-state index in [9.17, 15) is 9.59 Å². The lowest BCUT2D eigenvalue weighted by molar-refractivity contribution is -0.133. The predicted octanol–water partition coefficient (Wildman–Crippen LogP) is 3.02. The minimum Gasteiger partial charge on any atom is -0.335 e. The van der Waals surface area contributed by atoms with Gasteiger partial charge < -0.3 is 9.80 Å². The van der Waals surface area contributed by atoms with Gasteiger partial charge in [-0.15, -0.1) is 0 Å². The van der Waals surface area contributed by atoms with E-state index in [2.05, 4.69) is 24.0 Å². The Hall–Kier alpha value is -2.63. The first-order valence-electron chi connectivity index (χ1n) is 9.79. The van der Waals surface area contributed by atoms with Crippen molar-refractivity contribution in [2.24, 2.45) is 0 Å². The average Bonchev–Trinajstić information content (AvgIpc) is 3.09. The van der Waals surface area contributed by atoms with Crippen LogP contribution in [0.25, 0.3) is 0 Å². The van der Waals surface area contributed by atoms with E-state index in [-0.39, 0.29) is 17.9 Å². The minimum absolute atomic E-state index is 0.0122. The van der Waals surface area contributed by atoms with Gasteiger partial charge in [0.15, 0.2) is 0 Å². The van der Waals surface area contributed by atoms with Gasteiger partial charge >= 0.3 is 0 Å². The fourth-order valence-electron chi connectivity index (χ4n) is 3.58. The Labute approximate surface area is 160 Å². The van der Waals surface area contributed by atoms with Gasteiger partial charge in [0.2, 0.25) is 5.91 Å². The molecule has 0 bridgehead atoms. The summed E-state index contributed by atoms with van der Waals surface area (Å²) < 4.78 is 0. The maximum atomic E-state index is 12.9. The molecule has 27 heavy (non-hydrogen) atoms. The number of nitrogens with zero attached hydrogens (tertiary/aromatic N) is 3. The maximum Gasteiger partial charge on any atom is 0.274 e. The predicted molar refractivity (Wildman–Crippen MR) is 104 cm³/mol. The molecule has 1 aromatic carbocycles. The van der Waals surface area contributed by atoms with Crippen molar-refractivity contribution in [3.8, 4) is 0 Å². The first-order chi connectivity index (χ1) is 13.1. The molecule has 0 aliphatic carbocycles. The Morgan fingerprint density at radius 2 is 2.04 bits per heavy atom. The van der Waals surface area contributed by atoms with Crippen LogP contribution >= 0.6 is 0 Å². The van der Waals surface area contributed by atoms with Gasteiger partial charge in [-0.2, -0.15) is 5.10 Å². The van der Waals surface area contributed by atoms with Crippen LogP contribution in [0.2, 0.25) is 0 Å². The average molecular weight is 368 g/mol. The van der Waals surface area contributed by atoms with Gasteiger partial charge in [0, 0.05) is 37.8 Å². The van der Waals surface area contributed by atoms with Crippen molar-refractivity contribution in [1.82, 2.24) is 20.0 Å². The van der Waals surface area contributed by atoms with Crippen LogP contribution in [0.15, 0.2) is 36.4 Å². The third-order valence-electron chi connectivity index (χ3n) is 5.11. The molecule has 1 fully saturated rings. The lowest BCUT2D eigenvalue weighted by Gasteiger charge is -2.31. The second-order valence-corrected chi connectivity index (χ2v) is 7.10. The van der Waals surface area contributed by atoms with Crippen LogP contribution in [0.1, 0.15) is 54.9 Å². The first-order valence-corrected chi connectivity index (χ1v) is 9.79. The highest BCUT2D eigenvalue weighted by Crippen LogP contribution is 2.19. The highest BCUT2D eigenvalue weighted by Gasteiger charge is 2.31. The molecule has 1 aliphatic heterocycles. The van der Waals surface area contributed by atoms with Crippen molar-refractivity contribution in [3.05, 3.63) is 53.3 Å². The van der Waals surface area contributed by atoms with Crippen molar-refractivity contribution >= 4 is 11.8 Å². The summed E-state index contributed by atoms with van der Waals surface area (Å²) in [7, 11) is 0. The number of benzene rings is 1. The van der Waals surface area contributed by atoms with Gasteiger partial charge in [-0.25, -0.2) is 0 Å². The third kappa shape index (κ3) is 4.56. The summed E-state index contributed by atoms with van der Waals surface area (Å²) in [4.78, 5) is 29.4. The molecule has 2 heterocycles. The van der Waals surface area contributed by atoms with E-state index < -0.39 is 0 Å². The van der Waals surface area contributed by atoms with E-state index in [0.717, 1.165) is 30.5 Å². The van der Waals surface area contributed by atoms with Crippen molar-refractivity contribution in [1.29, 1.82) is 0 Å². The molecule has 144 valence electrons. The van der Waals surface area contributed by atoms with Crippen LogP contribution in [-0.2, 0) is 17.8 Å². The van der Waals surface area contributed by atoms with Gasteiger partial charge in [0.1, 0.15) is 5.69 Å². The Morgan fingerprint density at radius 1 is 1.26 bits per heavy atom. The van der Waals surface area contributed by atoms with Crippen LogP contribution in [0, 0.1) is 0 Å². The van der Waals surface area contributed by atoms with Crippen molar-refractivity contribution in [3.63, 3.8) is 0 Å². The molecule has 2 aromatic rings. The van der Waals surface area contributed by atoms with Gasteiger partial charge in [-0.3, -0.25) is 14.7 Å². The monoisotopic (exact) mass is 368 g/mol. The summed E-state index contributed by atoms with van der Waals surface area (Å²) in [6.45, 7) is 5.73. The van der Waals surface area contributed by atoms with Gasteiger partial charge in [-0.1, -0.05) is 50.6 Å². The molecule has 0 unspecified atom stereocenters. The van der Waals surface area contributed by atoms with Crippen molar-refractivity contribution in [2.75, 3.05) is 13.1 Å². The fraction of sp³-hybridized carbons (Fsp3) is 0.476. The topological polar surface area (TPSA) is 69.3 Å². The zero-order valence-corrected chi connectivity index (χ0v) is 16.1. The second kappa shape index (κ2) is 8.84. The maximum absolute atomic E-state index is 12.9. The van der Waals surface area contributed by atoms with Gasteiger partial charge in [0.25, 0.3) is 5.91 Å². The largest absolute Gasteiger partial charge is 0.335 e. The van der Waals surface area contributed by atoms with Crippen molar-refractivity contribution in [2.45, 2.75) is 52.1 Å². The highest BCUT2D eigenvalue weighted by atomic mass is 16.2. The second-order valence-electron chi connectivity index (χ2n) is 7.10. The van der Waals surface area contributed by atoms with Crippen LogP contribution < -0.4 is 0 Å². The molecule has 1 N–H and O–H groups in total. The number of aryl methyl sites for hydroxylation is 1. The molecule has 6 heteroatoms. The number of carbonyl (C=O) groups is 2. The number of aromatic amines is 1. The summed E-state index contributed by atoms with van der Waals surface area (Å²) >= 11 is 0. The Morgan fingerprint density at radius 3 is 2.74 bits per heavy atom. The van der Waals surface area contributed by atoms with Crippen molar-refractivity contribution < 1.29 is 9.59 Å². The van der Waals surface area contributed by atoms with Crippen LogP contribution in [0.3, 0.4) is 0 Å². The lowest BCUT2D eigenvalue weighted by Crippen LogP contribution is -2.43. The smallest absolute Gasteiger partial charge is 0.274 e. The molecule has 1 atom stereocenters. The molecule has 0 spiro atoms. The van der Waals surface area contributed by atoms with Gasteiger partial charge in [-0.05, 0) is 24.5 Å². The summed E-state index contributed by atoms with van der Waals surface area (Å²) in [5.41, 5.74) is 2.53. The molecule has 6 nitrogen and oxygen atoms in total. The molecule has 2 amide bonds. The first kappa shape index (κ1) is 19.1. The molecule has 1 saturated heterocycles. The van der Waals surface area contributed by atoms with E-state index in [0.29, 0.717) is 31.7 Å². The Kier molecular flexibility index (Phi) is 6.27.